The van der Waals surface area contributed by atoms with Gasteiger partial charge in [0.05, 0.1) is 25.2 Å². The van der Waals surface area contributed by atoms with Gasteiger partial charge in [-0.15, -0.1) is 0 Å². The largest absolute Gasteiger partial charge is 0.444 e. The first kappa shape index (κ1) is 15.5. The molecule has 1 spiro atoms. The molecule has 6 nitrogen and oxygen atoms in total. The Hall–Kier alpha value is -1.37. The minimum Gasteiger partial charge on any atom is -0.444 e. The summed E-state index contributed by atoms with van der Waals surface area (Å²) in [5.74, 6) is -0.621. The molecule has 22 heavy (non-hydrogen) atoms. The maximum atomic E-state index is 15.5. The first-order valence-corrected chi connectivity index (χ1v) is 7.71. The van der Waals surface area contributed by atoms with Crippen LogP contribution in [0.4, 0.5) is 9.18 Å². The van der Waals surface area contributed by atoms with Crippen LogP contribution in [0.25, 0.3) is 0 Å². The van der Waals surface area contributed by atoms with E-state index in [1.54, 1.807) is 20.8 Å². The molecular weight excluding hydrogens is 291 g/mol. The molecule has 2 heterocycles. The van der Waals surface area contributed by atoms with Crippen LogP contribution < -0.4 is 5.32 Å². The van der Waals surface area contributed by atoms with E-state index in [1.807, 2.05) is 0 Å². The Morgan fingerprint density at radius 2 is 1.91 bits per heavy atom. The van der Waals surface area contributed by atoms with E-state index in [4.69, 9.17) is 9.47 Å². The molecule has 0 bridgehead atoms. The number of halogens is 1. The maximum Gasteiger partial charge on any atom is 0.410 e. The number of hydrogen-bond acceptors (Lipinski definition) is 4. The zero-order valence-corrected chi connectivity index (χ0v) is 13.3. The lowest BCUT2D eigenvalue weighted by Gasteiger charge is -2.44. The molecule has 1 saturated carbocycles. The summed E-state index contributed by atoms with van der Waals surface area (Å²) in [6.07, 6.45) is 1.19. The van der Waals surface area contributed by atoms with Crippen molar-refractivity contribution in [3.8, 4) is 0 Å². The van der Waals surface area contributed by atoms with Crippen LogP contribution in [-0.2, 0) is 14.3 Å². The van der Waals surface area contributed by atoms with Crippen LogP contribution in [0, 0.1) is 5.41 Å². The Kier molecular flexibility index (Phi) is 3.39. The topological polar surface area (TPSA) is 67.9 Å². The van der Waals surface area contributed by atoms with Crippen LogP contribution in [0.5, 0.6) is 0 Å². The Labute approximate surface area is 129 Å². The fourth-order valence-corrected chi connectivity index (χ4v) is 2.94. The molecule has 2 saturated heterocycles. The zero-order valence-electron chi connectivity index (χ0n) is 13.3. The van der Waals surface area contributed by atoms with Gasteiger partial charge in [0.2, 0.25) is 5.67 Å². The van der Waals surface area contributed by atoms with E-state index in [9.17, 15) is 9.59 Å². The van der Waals surface area contributed by atoms with Gasteiger partial charge in [0.25, 0.3) is 5.91 Å². The molecule has 2 amide bonds. The van der Waals surface area contributed by atoms with Crippen molar-refractivity contribution in [3.05, 3.63) is 0 Å². The number of hydrogen-bond donors (Lipinski definition) is 1. The lowest BCUT2D eigenvalue weighted by Crippen LogP contribution is -2.63. The molecule has 1 atom stereocenters. The second-order valence-electron chi connectivity index (χ2n) is 7.66. The van der Waals surface area contributed by atoms with Crippen molar-refractivity contribution in [2.75, 3.05) is 26.3 Å². The van der Waals surface area contributed by atoms with Crippen molar-refractivity contribution in [2.45, 2.75) is 50.9 Å². The van der Waals surface area contributed by atoms with Crippen molar-refractivity contribution in [2.24, 2.45) is 5.41 Å². The molecule has 3 aliphatic rings. The van der Waals surface area contributed by atoms with Gasteiger partial charge in [-0.1, -0.05) is 0 Å². The third-order valence-corrected chi connectivity index (χ3v) is 4.42. The molecule has 0 aromatic heterocycles. The number of rotatable bonds is 2. The number of nitrogens with one attached hydrogen (secondary N) is 1. The second kappa shape index (κ2) is 4.81. The van der Waals surface area contributed by atoms with E-state index >= 15 is 4.39 Å². The minimum atomic E-state index is -2.11. The average Bonchev–Trinajstić information content (AvgIpc) is 3.06. The first-order valence-electron chi connectivity index (χ1n) is 7.71. The quantitative estimate of drug-likeness (QED) is 0.833. The summed E-state index contributed by atoms with van der Waals surface area (Å²) in [6, 6.07) is 0.0775. The van der Waals surface area contributed by atoms with Gasteiger partial charge in [0.1, 0.15) is 5.60 Å². The number of likely N-dealkylation sites (tertiary alicyclic amines) is 1. The van der Waals surface area contributed by atoms with Crippen LogP contribution in [0.15, 0.2) is 0 Å². The van der Waals surface area contributed by atoms with Gasteiger partial charge in [-0.3, -0.25) is 4.79 Å². The van der Waals surface area contributed by atoms with Crippen molar-refractivity contribution < 1.29 is 23.5 Å². The van der Waals surface area contributed by atoms with E-state index in [1.165, 1.54) is 4.90 Å². The van der Waals surface area contributed by atoms with E-state index in [2.05, 4.69) is 5.32 Å². The van der Waals surface area contributed by atoms with Crippen LogP contribution >= 0.6 is 0 Å². The predicted octanol–water partition coefficient (Wildman–Crippen LogP) is 1.24. The fourth-order valence-electron chi connectivity index (χ4n) is 2.94. The molecule has 3 fully saturated rings. The van der Waals surface area contributed by atoms with E-state index < -0.39 is 28.7 Å². The smallest absolute Gasteiger partial charge is 0.410 e. The second-order valence-corrected chi connectivity index (χ2v) is 7.66. The van der Waals surface area contributed by atoms with Crippen LogP contribution in [0.3, 0.4) is 0 Å². The van der Waals surface area contributed by atoms with Crippen molar-refractivity contribution in [1.82, 2.24) is 10.2 Å². The van der Waals surface area contributed by atoms with Crippen LogP contribution in [-0.4, -0.2) is 60.5 Å². The summed E-state index contributed by atoms with van der Waals surface area (Å²) in [5, 5.41) is 2.72. The highest BCUT2D eigenvalue weighted by atomic mass is 19.1. The number of nitrogens with zero attached hydrogens (tertiary/aromatic N) is 1. The third kappa shape index (κ3) is 2.55. The lowest BCUT2D eigenvalue weighted by atomic mass is 9.73. The predicted molar refractivity (Wildman–Crippen MR) is 76.1 cm³/mol. The summed E-state index contributed by atoms with van der Waals surface area (Å²) in [4.78, 5) is 25.8. The van der Waals surface area contributed by atoms with Gasteiger partial charge in [-0.2, -0.15) is 0 Å². The Balaban J connectivity index is 1.75. The highest BCUT2D eigenvalue weighted by Gasteiger charge is 2.68. The molecule has 1 N–H and O–H groups in total. The molecule has 1 aliphatic carbocycles. The van der Waals surface area contributed by atoms with E-state index in [-0.39, 0.29) is 32.3 Å². The number of amides is 2. The van der Waals surface area contributed by atoms with Gasteiger partial charge < -0.3 is 19.7 Å². The Morgan fingerprint density at radius 3 is 2.36 bits per heavy atom. The van der Waals surface area contributed by atoms with Crippen molar-refractivity contribution in [3.63, 3.8) is 0 Å². The first-order chi connectivity index (χ1) is 10.2. The standard InChI is InChI=1S/C15H23FN2O4/c1-13(2,3)22-12(20)18-6-14(8-21-9-14)15(16,7-18)11(19)17-10-4-5-10/h10H,4-9H2,1-3H3,(H,17,19)/t15-/m0/s1. The minimum absolute atomic E-state index is 0.0775. The van der Waals surface area contributed by atoms with Gasteiger partial charge in [-0.05, 0) is 33.6 Å². The average molecular weight is 314 g/mol. The monoisotopic (exact) mass is 314 g/mol. The molecule has 0 aromatic rings. The maximum absolute atomic E-state index is 15.5. The molecule has 0 unspecified atom stereocenters. The van der Waals surface area contributed by atoms with Crippen molar-refractivity contribution >= 4 is 12.0 Å². The van der Waals surface area contributed by atoms with Gasteiger partial charge in [-0.25, -0.2) is 9.18 Å². The summed E-state index contributed by atoms with van der Waals surface area (Å²) in [5.41, 5.74) is -3.70. The Morgan fingerprint density at radius 1 is 1.27 bits per heavy atom. The van der Waals surface area contributed by atoms with E-state index in [0.717, 1.165) is 12.8 Å². The lowest BCUT2D eigenvalue weighted by molar-refractivity contribution is -0.180. The van der Waals surface area contributed by atoms with Gasteiger partial charge in [0, 0.05) is 12.6 Å². The SMILES string of the molecule is CC(C)(C)OC(=O)N1CC2(COC2)[C@@](F)(C(=O)NC2CC2)C1. The summed E-state index contributed by atoms with van der Waals surface area (Å²) in [6.45, 7) is 5.45. The highest BCUT2D eigenvalue weighted by Crippen LogP contribution is 2.48. The number of carbonyl (C=O) groups excluding carboxylic acids is 2. The molecule has 0 aromatic carbocycles. The zero-order chi connectivity index (χ0) is 16.2. The Bertz CT molecular complexity index is 496. The number of carbonyl (C=O) groups is 2. The molecule has 124 valence electrons. The summed E-state index contributed by atoms with van der Waals surface area (Å²) in [7, 11) is 0. The van der Waals surface area contributed by atoms with Gasteiger partial charge >= 0.3 is 6.09 Å². The fraction of sp³-hybridized carbons (Fsp3) is 0.867. The highest BCUT2D eigenvalue weighted by molar-refractivity contribution is 5.89. The number of ether oxygens (including phenoxy) is 2. The van der Waals surface area contributed by atoms with E-state index in [0.29, 0.717) is 0 Å². The molecule has 3 rings (SSSR count). The number of alkyl halides is 1. The van der Waals surface area contributed by atoms with Crippen LogP contribution in [0.2, 0.25) is 0 Å². The molecule has 2 aliphatic heterocycles. The molecular formula is C15H23FN2O4. The van der Waals surface area contributed by atoms with Crippen LogP contribution in [0.1, 0.15) is 33.6 Å². The van der Waals surface area contributed by atoms with Gasteiger partial charge in [0.15, 0.2) is 0 Å². The molecule has 7 heteroatoms. The molecule has 0 radical (unpaired) electrons. The summed E-state index contributed by atoms with van der Waals surface area (Å²) < 4.78 is 26.0. The summed E-state index contributed by atoms with van der Waals surface area (Å²) >= 11 is 0. The normalized spacial score (nSPS) is 30.1. The third-order valence-electron chi connectivity index (χ3n) is 4.42. The van der Waals surface area contributed by atoms with Crippen molar-refractivity contribution in [1.29, 1.82) is 0 Å².